The Morgan fingerprint density at radius 1 is 1.25 bits per heavy atom. The highest BCUT2D eigenvalue weighted by molar-refractivity contribution is 7.98. The molecule has 0 saturated heterocycles. The third-order valence-electron chi connectivity index (χ3n) is 2.91. The van der Waals surface area contributed by atoms with Crippen molar-refractivity contribution in [1.29, 1.82) is 0 Å². The van der Waals surface area contributed by atoms with Crippen LogP contribution in [-0.4, -0.2) is 32.4 Å². The van der Waals surface area contributed by atoms with Gasteiger partial charge in [0.05, 0.1) is 17.6 Å². The smallest absolute Gasteiger partial charge is 0.260 e. The topological polar surface area (TPSA) is 52.3 Å². The number of hydrogen-bond donors (Lipinski definition) is 0. The van der Waals surface area contributed by atoms with Gasteiger partial charge in [-0.1, -0.05) is 37.7 Å². The summed E-state index contributed by atoms with van der Waals surface area (Å²) in [5, 5.41) is 9.27. The zero-order valence-electron chi connectivity index (χ0n) is 11.7. The highest BCUT2D eigenvalue weighted by Gasteiger charge is 2.15. The molecule has 0 aliphatic rings. The number of ether oxygens (including phenoxy) is 1. The van der Waals surface area contributed by atoms with Crippen molar-refractivity contribution in [2.24, 2.45) is 5.92 Å². The average Bonchev–Trinajstić information content (AvgIpc) is 2.89. The van der Waals surface area contributed by atoms with E-state index in [1.807, 2.05) is 34.9 Å². The van der Waals surface area contributed by atoms with Crippen molar-refractivity contribution in [3.63, 3.8) is 0 Å². The zero-order chi connectivity index (χ0) is 14.1. The molecule has 104 valence electrons. The molecule has 0 aliphatic carbocycles. The Labute approximate surface area is 121 Å². The van der Waals surface area contributed by atoms with Crippen LogP contribution in [0.25, 0.3) is 16.7 Å². The Morgan fingerprint density at radius 3 is 2.80 bits per heavy atom. The maximum Gasteiger partial charge on any atom is 0.260 e. The number of benzene rings is 1. The van der Waals surface area contributed by atoms with Gasteiger partial charge in [-0.25, -0.2) is 4.98 Å². The molecule has 3 aromatic rings. The van der Waals surface area contributed by atoms with Crippen molar-refractivity contribution < 1.29 is 4.74 Å². The molecule has 6 heteroatoms. The summed E-state index contributed by atoms with van der Waals surface area (Å²) in [4.78, 5) is 4.57. The summed E-state index contributed by atoms with van der Waals surface area (Å²) in [5.41, 5.74) is 2.55. The minimum absolute atomic E-state index is 0.436. The Balaban J connectivity index is 2.25. The van der Waals surface area contributed by atoms with Gasteiger partial charge in [0.25, 0.3) is 5.88 Å². The molecule has 0 amide bonds. The van der Waals surface area contributed by atoms with Crippen molar-refractivity contribution in [3.05, 3.63) is 24.3 Å². The van der Waals surface area contributed by atoms with Crippen molar-refractivity contribution in [2.45, 2.75) is 19.0 Å². The van der Waals surface area contributed by atoms with Gasteiger partial charge in [-0.05, 0) is 24.3 Å². The van der Waals surface area contributed by atoms with Crippen LogP contribution in [0.3, 0.4) is 0 Å². The van der Waals surface area contributed by atoms with E-state index in [2.05, 4.69) is 29.0 Å². The summed E-state index contributed by atoms with van der Waals surface area (Å²) in [5.74, 6) is 0.983. The highest BCUT2D eigenvalue weighted by Crippen LogP contribution is 2.26. The zero-order valence-corrected chi connectivity index (χ0v) is 12.5. The Morgan fingerprint density at radius 2 is 2.05 bits per heavy atom. The van der Waals surface area contributed by atoms with Gasteiger partial charge in [0.1, 0.15) is 0 Å². The molecule has 0 atom stereocenters. The lowest BCUT2D eigenvalue weighted by Gasteiger charge is -2.10. The van der Waals surface area contributed by atoms with E-state index in [1.54, 1.807) is 11.8 Å². The van der Waals surface area contributed by atoms with E-state index in [0.717, 1.165) is 16.2 Å². The first kappa shape index (κ1) is 13.2. The highest BCUT2D eigenvalue weighted by atomic mass is 32.2. The summed E-state index contributed by atoms with van der Waals surface area (Å²) >= 11 is 1.56. The van der Waals surface area contributed by atoms with Gasteiger partial charge in [0, 0.05) is 0 Å². The lowest BCUT2D eigenvalue weighted by Crippen LogP contribution is -2.07. The molecule has 0 N–H and O–H groups in total. The van der Waals surface area contributed by atoms with Crippen LogP contribution in [0.2, 0.25) is 0 Å². The van der Waals surface area contributed by atoms with Gasteiger partial charge in [0.2, 0.25) is 5.65 Å². The monoisotopic (exact) mass is 288 g/mol. The largest absolute Gasteiger partial charge is 0.475 e. The predicted octanol–water partition coefficient (Wildman–Crippen LogP) is 3.03. The molecule has 0 bridgehead atoms. The number of hydrogen-bond acceptors (Lipinski definition) is 5. The summed E-state index contributed by atoms with van der Waals surface area (Å²) < 4.78 is 7.81. The molecule has 5 nitrogen and oxygen atoms in total. The van der Waals surface area contributed by atoms with Gasteiger partial charge in [-0.2, -0.15) is 0 Å². The molecule has 0 radical (unpaired) electrons. The average molecular weight is 288 g/mol. The minimum Gasteiger partial charge on any atom is -0.475 e. The fourth-order valence-corrected chi connectivity index (χ4v) is 2.50. The second-order valence-corrected chi connectivity index (χ2v) is 5.73. The summed E-state index contributed by atoms with van der Waals surface area (Å²) in [7, 11) is 0. The fraction of sp³-hybridized carbons (Fsp3) is 0.357. The molecule has 3 rings (SSSR count). The van der Waals surface area contributed by atoms with Crippen molar-refractivity contribution in [3.8, 4) is 5.88 Å². The van der Waals surface area contributed by atoms with Crippen LogP contribution in [0, 0.1) is 5.92 Å². The molecular weight excluding hydrogens is 272 g/mol. The van der Waals surface area contributed by atoms with Crippen LogP contribution < -0.4 is 4.74 Å². The molecule has 0 spiro atoms. The Kier molecular flexibility index (Phi) is 3.48. The van der Waals surface area contributed by atoms with Gasteiger partial charge in [-0.3, -0.25) is 4.40 Å². The predicted molar refractivity (Wildman–Crippen MR) is 80.4 cm³/mol. The summed E-state index contributed by atoms with van der Waals surface area (Å²) in [6.07, 6.45) is 1.99. The summed E-state index contributed by atoms with van der Waals surface area (Å²) in [6.45, 7) is 4.83. The standard InChI is InChI=1S/C14H16N4OS/c1-9(2)8-19-13-12-16-17-14(20-3)18(12)11-7-5-4-6-10(11)15-13/h4-7,9H,8H2,1-3H3. The van der Waals surface area contributed by atoms with E-state index in [4.69, 9.17) is 4.74 Å². The fourth-order valence-electron chi connectivity index (χ4n) is 2.01. The van der Waals surface area contributed by atoms with Gasteiger partial charge in [-0.15, -0.1) is 10.2 Å². The van der Waals surface area contributed by atoms with Crippen LogP contribution >= 0.6 is 11.8 Å². The minimum atomic E-state index is 0.436. The third-order valence-corrected chi connectivity index (χ3v) is 3.53. The lowest BCUT2D eigenvalue weighted by atomic mass is 10.2. The van der Waals surface area contributed by atoms with Crippen LogP contribution in [0.5, 0.6) is 5.88 Å². The van der Waals surface area contributed by atoms with E-state index < -0.39 is 0 Å². The molecule has 0 fully saturated rings. The van der Waals surface area contributed by atoms with Gasteiger partial charge < -0.3 is 4.74 Å². The Bertz CT molecular complexity index is 753. The number of aromatic nitrogens is 4. The van der Waals surface area contributed by atoms with Crippen LogP contribution in [0.4, 0.5) is 0 Å². The van der Waals surface area contributed by atoms with Crippen molar-refractivity contribution in [2.75, 3.05) is 12.9 Å². The number of fused-ring (bicyclic) bond motifs is 3. The molecule has 2 heterocycles. The number of nitrogens with zero attached hydrogens (tertiary/aromatic N) is 4. The van der Waals surface area contributed by atoms with Gasteiger partial charge >= 0.3 is 0 Å². The quantitative estimate of drug-likeness (QED) is 0.691. The number of para-hydroxylation sites is 2. The van der Waals surface area contributed by atoms with Crippen molar-refractivity contribution >= 4 is 28.4 Å². The molecule has 1 aromatic carbocycles. The third kappa shape index (κ3) is 2.20. The SMILES string of the molecule is CSc1nnc2c(OCC(C)C)nc3ccccc3n12. The maximum atomic E-state index is 5.80. The number of rotatable bonds is 4. The molecule has 2 aromatic heterocycles. The van der Waals surface area contributed by atoms with E-state index in [9.17, 15) is 0 Å². The first-order valence-corrected chi connectivity index (χ1v) is 7.74. The van der Waals surface area contributed by atoms with Crippen LogP contribution in [0.1, 0.15) is 13.8 Å². The van der Waals surface area contributed by atoms with E-state index >= 15 is 0 Å². The molecule has 0 aliphatic heterocycles. The second kappa shape index (κ2) is 5.28. The molecular formula is C14H16N4OS. The van der Waals surface area contributed by atoms with Crippen molar-refractivity contribution in [1.82, 2.24) is 19.6 Å². The lowest BCUT2D eigenvalue weighted by molar-refractivity contribution is 0.264. The van der Waals surface area contributed by atoms with E-state index in [1.165, 1.54) is 0 Å². The van der Waals surface area contributed by atoms with E-state index in [-0.39, 0.29) is 0 Å². The maximum absolute atomic E-state index is 5.80. The van der Waals surface area contributed by atoms with Crippen LogP contribution in [0.15, 0.2) is 29.4 Å². The molecule has 0 saturated carbocycles. The first-order valence-electron chi connectivity index (χ1n) is 6.51. The van der Waals surface area contributed by atoms with Gasteiger partial charge in [0.15, 0.2) is 5.16 Å². The summed E-state index contributed by atoms with van der Waals surface area (Å²) in [6, 6.07) is 7.95. The molecule has 0 unspecified atom stereocenters. The normalized spacial score (nSPS) is 11.6. The van der Waals surface area contributed by atoms with E-state index in [0.29, 0.717) is 24.1 Å². The van der Waals surface area contributed by atoms with Crippen LogP contribution in [-0.2, 0) is 0 Å². The molecule has 20 heavy (non-hydrogen) atoms. The first-order chi connectivity index (χ1) is 9.70. The number of thioether (sulfide) groups is 1. The second-order valence-electron chi connectivity index (χ2n) is 4.96. The Hall–Kier alpha value is -1.82.